The molecule has 13 heavy (non-hydrogen) atoms. The zero-order valence-electron chi connectivity index (χ0n) is 7.10. The van der Waals surface area contributed by atoms with Crippen LogP contribution in [-0.4, -0.2) is 16.7 Å². The van der Waals surface area contributed by atoms with E-state index in [1.54, 1.807) is 13.8 Å². The zero-order chi connectivity index (χ0) is 10.0. The number of aromatic nitrogens is 1. The summed E-state index contributed by atoms with van der Waals surface area (Å²) in [5.41, 5.74) is -1.20. The van der Waals surface area contributed by atoms with Crippen LogP contribution in [0.25, 0.3) is 0 Å². The molecule has 1 aromatic rings. The van der Waals surface area contributed by atoms with Crippen LogP contribution in [-0.2, 0) is 4.79 Å². The Bertz CT molecular complexity index is 305. The normalized spacial score (nSPS) is 12.6. The van der Waals surface area contributed by atoms with E-state index in [-0.39, 0.29) is 0 Å². The Kier molecular flexibility index (Phi) is 2.87. The third kappa shape index (κ3) is 2.18. The second-order valence-electron chi connectivity index (χ2n) is 2.49. The van der Waals surface area contributed by atoms with Crippen LogP contribution in [0.5, 0.6) is 0 Å². The van der Waals surface area contributed by atoms with Crippen LogP contribution in [0.4, 0.5) is 10.1 Å². The van der Waals surface area contributed by atoms with E-state index < -0.39 is 11.5 Å². The maximum Gasteiger partial charge on any atom is 0.274 e. The van der Waals surface area contributed by atoms with Gasteiger partial charge in [-0.1, -0.05) is 16.8 Å². The van der Waals surface area contributed by atoms with Crippen molar-refractivity contribution in [3.63, 3.8) is 0 Å². The van der Waals surface area contributed by atoms with Gasteiger partial charge in [0.1, 0.15) is 11.4 Å². The van der Waals surface area contributed by atoms with Crippen LogP contribution in [0.2, 0.25) is 0 Å². The molecule has 1 unspecified atom stereocenters. The summed E-state index contributed by atoms with van der Waals surface area (Å²) in [6, 6.07) is 0. The number of aryl methyl sites for hydroxylation is 2. The van der Waals surface area contributed by atoms with Crippen LogP contribution in [0.15, 0.2) is 4.52 Å². The van der Waals surface area contributed by atoms with Crippen molar-refractivity contribution < 1.29 is 13.7 Å². The molecule has 1 heterocycles. The van der Waals surface area contributed by atoms with Crippen LogP contribution < -0.4 is 5.32 Å². The van der Waals surface area contributed by atoms with E-state index in [1.807, 2.05) is 0 Å². The summed E-state index contributed by atoms with van der Waals surface area (Å²) in [7, 11) is 0. The van der Waals surface area contributed by atoms with Crippen LogP contribution >= 0.6 is 11.6 Å². The lowest BCUT2D eigenvalue weighted by Crippen LogP contribution is -2.19. The first-order chi connectivity index (χ1) is 6.02. The van der Waals surface area contributed by atoms with Crippen molar-refractivity contribution in [2.45, 2.75) is 19.5 Å². The molecule has 0 aliphatic heterocycles. The highest BCUT2D eigenvalue weighted by Gasteiger charge is 2.17. The minimum absolute atomic E-state index is 0.369. The summed E-state index contributed by atoms with van der Waals surface area (Å²) < 4.78 is 17.0. The zero-order valence-corrected chi connectivity index (χ0v) is 7.85. The monoisotopic (exact) mass is 206 g/mol. The Balaban J connectivity index is 2.79. The molecule has 1 rings (SSSR count). The molecule has 1 atom stereocenters. The first-order valence-electron chi connectivity index (χ1n) is 3.54. The number of amides is 1. The average molecular weight is 207 g/mol. The molecule has 1 aromatic heterocycles. The van der Waals surface area contributed by atoms with E-state index >= 15 is 0 Å². The summed E-state index contributed by atoms with van der Waals surface area (Å²) >= 11 is 4.92. The number of halogens is 2. The van der Waals surface area contributed by atoms with Gasteiger partial charge in [-0.15, -0.1) is 0 Å². The summed E-state index contributed by atoms with van der Waals surface area (Å²) in [5, 5.41) is 5.83. The number of hydrogen-bond acceptors (Lipinski definition) is 3. The summed E-state index contributed by atoms with van der Waals surface area (Å²) in [6.07, 6.45) is 0. The number of carbonyl (C=O) groups excluding carboxylic acids is 1. The SMILES string of the molecule is Cc1noc(C)c1NC(=O)C(F)Cl. The third-order valence-corrected chi connectivity index (χ3v) is 1.68. The Hall–Kier alpha value is -1.10. The summed E-state index contributed by atoms with van der Waals surface area (Å²) in [5.74, 6) is -0.501. The third-order valence-electron chi connectivity index (χ3n) is 1.48. The van der Waals surface area contributed by atoms with Crippen LogP contribution in [0.1, 0.15) is 11.5 Å². The lowest BCUT2D eigenvalue weighted by atomic mass is 10.3. The molecule has 1 N–H and O–H groups in total. The van der Waals surface area contributed by atoms with E-state index in [4.69, 9.17) is 16.1 Å². The van der Waals surface area contributed by atoms with Gasteiger partial charge in [-0.3, -0.25) is 4.79 Å². The topological polar surface area (TPSA) is 55.1 Å². The highest BCUT2D eigenvalue weighted by atomic mass is 35.5. The maximum absolute atomic E-state index is 12.3. The lowest BCUT2D eigenvalue weighted by molar-refractivity contribution is -0.118. The van der Waals surface area contributed by atoms with E-state index in [1.165, 1.54) is 0 Å². The first kappa shape index (κ1) is 9.98. The number of anilines is 1. The van der Waals surface area contributed by atoms with Crippen molar-refractivity contribution in [1.82, 2.24) is 5.16 Å². The standard InChI is InChI=1S/C7H8ClFN2O2/c1-3-5(4(2)13-11-3)10-7(12)6(8)9/h6H,1-2H3,(H,10,12). The fourth-order valence-electron chi connectivity index (χ4n) is 0.839. The smallest absolute Gasteiger partial charge is 0.274 e. The van der Waals surface area contributed by atoms with E-state index in [9.17, 15) is 9.18 Å². The molecular weight excluding hydrogens is 199 g/mol. The quantitative estimate of drug-likeness (QED) is 0.751. The van der Waals surface area contributed by atoms with Crippen LogP contribution in [0, 0.1) is 13.8 Å². The first-order valence-corrected chi connectivity index (χ1v) is 3.98. The molecule has 4 nitrogen and oxygen atoms in total. The number of nitrogens with zero attached hydrogens (tertiary/aromatic N) is 1. The van der Waals surface area contributed by atoms with Gasteiger partial charge >= 0.3 is 0 Å². The molecule has 72 valence electrons. The molecule has 0 aliphatic rings. The number of nitrogens with one attached hydrogen (secondary N) is 1. The van der Waals surface area contributed by atoms with Crippen molar-refractivity contribution >= 4 is 23.2 Å². The molecule has 0 radical (unpaired) electrons. The molecule has 0 saturated carbocycles. The largest absolute Gasteiger partial charge is 0.359 e. The molecule has 6 heteroatoms. The molecular formula is C7H8ClFN2O2. The number of alkyl halides is 2. The highest BCUT2D eigenvalue weighted by molar-refractivity contribution is 6.31. The summed E-state index contributed by atoms with van der Waals surface area (Å²) in [4.78, 5) is 10.8. The van der Waals surface area contributed by atoms with Gasteiger partial charge in [0.15, 0.2) is 5.76 Å². The maximum atomic E-state index is 12.3. The second-order valence-corrected chi connectivity index (χ2v) is 2.87. The van der Waals surface area contributed by atoms with Gasteiger partial charge in [0.05, 0.1) is 0 Å². The Labute approximate surface area is 79.0 Å². The van der Waals surface area contributed by atoms with E-state index in [0.717, 1.165) is 0 Å². The minimum Gasteiger partial charge on any atom is -0.359 e. The van der Waals surface area contributed by atoms with Gasteiger partial charge in [0.2, 0.25) is 0 Å². The van der Waals surface area contributed by atoms with Crippen molar-refractivity contribution in [2.24, 2.45) is 0 Å². The Morgan fingerprint density at radius 2 is 2.31 bits per heavy atom. The number of hydrogen-bond donors (Lipinski definition) is 1. The Morgan fingerprint density at radius 3 is 2.69 bits per heavy atom. The molecule has 0 bridgehead atoms. The number of carbonyl (C=O) groups is 1. The minimum atomic E-state index is -2.06. The fraction of sp³-hybridized carbons (Fsp3) is 0.429. The second kappa shape index (κ2) is 3.74. The van der Waals surface area contributed by atoms with Crippen molar-refractivity contribution in [2.75, 3.05) is 5.32 Å². The fourth-order valence-corrected chi connectivity index (χ4v) is 0.894. The Morgan fingerprint density at radius 1 is 1.69 bits per heavy atom. The molecule has 0 spiro atoms. The lowest BCUT2D eigenvalue weighted by Gasteiger charge is -2.02. The van der Waals surface area contributed by atoms with Crippen LogP contribution in [0.3, 0.4) is 0 Å². The molecule has 1 amide bonds. The van der Waals surface area contributed by atoms with Crippen molar-refractivity contribution in [3.8, 4) is 0 Å². The van der Waals surface area contributed by atoms with Gasteiger partial charge in [-0.2, -0.15) is 0 Å². The molecule has 0 fully saturated rings. The van der Waals surface area contributed by atoms with Gasteiger partial charge in [-0.05, 0) is 13.8 Å². The molecule has 0 aliphatic carbocycles. The predicted octanol–water partition coefficient (Wildman–Crippen LogP) is 1.76. The van der Waals surface area contributed by atoms with Gasteiger partial charge < -0.3 is 9.84 Å². The van der Waals surface area contributed by atoms with Crippen molar-refractivity contribution in [3.05, 3.63) is 11.5 Å². The van der Waals surface area contributed by atoms with Gasteiger partial charge in [-0.25, -0.2) is 4.39 Å². The van der Waals surface area contributed by atoms with Gasteiger partial charge in [0, 0.05) is 0 Å². The average Bonchev–Trinajstić information content (AvgIpc) is 2.35. The van der Waals surface area contributed by atoms with Gasteiger partial charge in [0.25, 0.3) is 11.5 Å². The highest BCUT2D eigenvalue weighted by Crippen LogP contribution is 2.19. The van der Waals surface area contributed by atoms with E-state index in [0.29, 0.717) is 17.1 Å². The predicted molar refractivity (Wildman–Crippen MR) is 45.4 cm³/mol. The van der Waals surface area contributed by atoms with Crippen molar-refractivity contribution in [1.29, 1.82) is 0 Å². The molecule has 0 aromatic carbocycles. The molecule has 0 saturated heterocycles. The summed E-state index contributed by atoms with van der Waals surface area (Å²) in [6.45, 7) is 3.24. The van der Waals surface area contributed by atoms with E-state index in [2.05, 4.69) is 10.5 Å². The number of rotatable bonds is 2.